The number of halogens is 1. The summed E-state index contributed by atoms with van der Waals surface area (Å²) in [5, 5.41) is 1.84. The Morgan fingerprint density at radius 1 is 1.07 bits per heavy atom. The van der Waals surface area contributed by atoms with Crippen molar-refractivity contribution in [2.24, 2.45) is 18.8 Å². The molecule has 0 bridgehead atoms. The minimum Gasteiger partial charge on any atom is -0.372 e. The summed E-state index contributed by atoms with van der Waals surface area (Å²) in [6.45, 7) is 0. The molecule has 0 spiro atoms. The zero-order valence-corrected chi connectivity index (χ0v) is 17.3. The monoisotopic (exact) mass is 396 g/mol. The molecule has 1 aromatic rings. The maximum Gasteiger partial charge on any atom is 0.162 e. The van der Waals surface area contributed by atoms with Gasteiger partial charge >= 0.3 is 0 Å². The predicted molar refractivity (Wildman–Crippen MR) is 113 cm³/mol. The fourth-order valence-electron chi connectivity index (χ4n) is 4.83. The normalized spacial score (nSPS) is 20.9. The maximum absolute atomic E-state index is 13.2. The molecule has 3 aliphatic rings. The van der Waals surface area contributed by atoms with E-state index >= 15 is 0 Å². The van der Waals surface area contributed by atoms with Gasteiger partial charge in [-0.25, -0.2) is 19.4 Å². The zero-order chi connectivity index (χ0) is 20.5. The van der Waals surface area contributed by atoms with E-state index in [9.17, 15) is 4.39 Å². The first kappa shape index (κ1) is 19.8. The van der Waals surface area contributed by atoms with Gasteiger partial charge < -0.3 is 9.47 Å². The van der Waals surface area contributed by atoms with E-state index < -0.39 is 0 Å². The van der Waals surface area contributed by atoms with Gasteiger partial charge in [0.1, 0.15) is 5.82 Å². The molecule has 154 valence electrons. The van der Waals surface area contributed by atoms with Crippen molar-refractivity contribution in [3.63, 3.8) is 0 Å². The summed E-state index contributed by atoms with van der Waals surface area (Å²) in [4.78, 5) is 11.1. The highest BCUT2D eigenvalue weighted by atomic mass is 19.1. The largest absolute Gasteiger partial charge is 0.372 e. The van der Waals surface area contributed by atoms with Crippen LogP contribution in [0.2, 0.25) is 0 Å². The number of benzene rings is 1. The molecular weight excluding hydrogens is 367 g/mol. The third-order valence-electron chi connectivity index (χ3n) is 6.38. The third kappa shape index (κ3) is 3.84. The van der Waals surface area contributed by atoms with Crippen LogP contribution in [0.25, 0.3) is 11.4 Å². The summed E-state index contributed by atoms with van der Waals surface area (Å²) >= 11 is 0. The number of nitrogens with zero attached hydrogens (tertiary/aromatic N) is 5. The highest BCUT2D eigenvalue weighted by Crippen LogP contribution is 2.41. The van der Waals surface area contributed by atoms with Gasteiger partial charge in [-0.3, -0.25) is 5.84 Å². The van der Waals surface area contributed by atoms with E-state index in [-0.39, 0.29) is 11.9 Å². The van der Waals surface area contributed by atoms with Crippen LogP contribution in [-0.2, 0) is 7.05 Å². The van der Waals surface area contributed by atoms with Crippen LogP contribution in [0.1, 0.15) is 37.4 Å². The van der Waals surface area contributed by atoms with E-state index in [0.29, 0.717) is 12.0 Å². The number of fused-ring (bicyclic) bond motifs is 1. The van der Waals surface area contributed by atoms with Crippen molar-refractivity contribution in [2.75, 3.05) is 19.0 Å². The number of aromatic nitrogens is 3. The zero-order valence-electron chi connectivity index (χ0n) is 17.3. The number of aryl methyl sites for hydroxylation is 1. The molecule has 1 fully saturated rings. The van der Waals surface area contributed by atoms with E-state index in [0.717, 1.165) is 42.8 Å². The highest BCUT2D eigenvalue weighted by Gasteiger charge is 2.34. The molecular formula is C22H29FN6. The van der Waals surface area contributed by atoms with E-state index in [1.165, 1.54) is 17.8 Å². The summed E-state index contributed by atoms with van der Waals surface area (Å²) in [5.74, 6) is 7.39. The fourth-order valence-corrected chi connectivity index (χ4v) is 4.83. The van der Waals surface area contributed by atoms with Crippen molar-refractivity contribution < 1.29 is 4.39 Å². The summed E-state index contributed by atoms with van der Waals surface area (Å²) in [7, 11) is 6.08. The van der Waals surface area contributed by atoms with Crippen molar-refractivity contribution >= 4 is 5.69 Å². The van der Waals surface area contributed by atoms with Gasteiger partial charge in [0.05, 0.1) is 12.4 Å². The lowest BCUT2D eigenvalue weighted by Gasteiger charge is -2.41. The van der Waals surface area contributed by atoms with Crippen LogP contribution in [0.4, 0.5) is 10.1 Å². The molecule has 1 atom stereocenters. The van der Waals surface area contributed by atoms with E-state index in [1.54, 1.807) is 0 Å². The first-order valence-electron chi connectivity index (χ1n) is 10.2. The summed E-state index contributed by atoms with van der Waals surface area (Å²) in [6.07, 6.45) is 7.97. The van der Waals surface area contributed by atoms with Gasteiger partial charge in [-0.15, -0.1) is 0 Å². The molecule has 1 unspecified atom stereocenters. The minimum absolute atomic E-state index is 0.103. The van der Waals surface area contributed by atoms with E-state index in [4.69, 9.17) is 5.84 Å². The smallest absolute Gasteiger partial charge is 0.162 e. The second kappa shape index (κ2) is 8.08. The van der Waals surface area contributed by atoms with Crippen LogP contribution in [0.15, 0.2) is 42.9 Å². The molecule has 0 amide bonds. The highest BCUT2D eigenvalue weighted by molar-refractivity contribution is 5.60. The molecule has 7 heteroatoms. The minimum atomic E-state index is -0.196. The van der Waals surface area contributed by atoms with Crippen LogP contribution in [0.3, 0.4) is 0 Å². The van der Waals surface area contributed by atoms with Crippen LogP contribution >= 0.6 is 0 Å². The number of hydrogen-bond donors (Lipinski definition) is 1. The maximum atomic E-state index is 13.2. The van der Waals surface area contributed by atoms with Crippen molar-refractivity contribution in [3.05, 3.63) is 54.4 Å². The Bertz CT molecular complexity index is 913. The average molecular weight is 397 g/mol. The van der Waals surface area contributed by atoms with Crippen molar-refractivity contribution in [3.8, 4) is 11.4 Å². The molecule has 2 aliphatic heterocycles. The molecule has 1 aromatic carbocycles. The number of hydrazine groups is 1. The topological polar surface area (TPSA) is 63.2 Å². The Hall–Kier alpha value is -2.51. The third-order valence-corrected chi connectivity index (χ3v) is 6.38. The molecule has 0 radical (unpaired) electrons. The lowest BCUT2D eigenvalue weighted by atomic mass is 9.79. The van der Waals surface area contributed by atoms with Crippen molar-refractivity contribution in [1.29, 1.82) is 0 Å². The average Bonchev–Trinajstić information content (AvgIpc) is 3.19. The molecule has 1 aliphatic carbocycles. The molecule has 4 rings (SSSR count). The molecule has 1 saturated carbocycles. The summed E-state index contributed by atoms with van der Waals surface area (Å²) < 4.78 is 15.3. The van der Waals surface area contributed by atoms with E-state index in [2.05, 4.69) is 26.5 Å². The van der Waals surface area contributed by atoms with Crippen molar-refractivity contribution in [1.82, 2.24) is 19.5 Å². The van der Waals surface area contributed by atoms with Crippen LogP contribution in [-0.4, -0.2) is 39.7 Å². The Kier molecular flexibility index (Phi) is 5.52. The molecule has 29 heavy (non-hydrogen) atoms. The SMILES string of the molecule is CN(N)C(c1c2ccnc-2ncn1C)C1CCC(N(C)c2ccc(F)cc2)CC1. The first-order valence-corrected chi connectivity index (χ1v) is 10.2. The Morgan fingerprint density at radius 2 is 1.76 bits per heavy atom. The fraction of sp³-hybridized carbons (Fsp3) is 0.455. The van der Waals surface area contributed by atoms with Gasteiger partial charge in [-0.1, -0.05) is 0 Å². The standard InChI is InChI=1S/C22H29FN6/c1-27-14-26-22-19(12-13-25-22)21(27)20(29(3)24)15-4-8-17(9-5-15)28(2)18-10-6-16(23)7-11-18/h6-7,10-15,17,20H,4-5,8-9,24H2,1-3H3. The summed E-state index contributed by atoms with van der Waals surface area (Å²) in [5.41, 5.74) is 3.31. The Balaban J connectivity index is 1.52. The van der Waals surface area contributed by atoms with Gasteiger partial charge in [-0.05, 0) is 61.9 Å². The number of anilines is 1. The van der Waals surface area contributed by atoms with Crippen LogP contribution in [0.5, 0.6) is 0 Å². The number of hydrogen-bond acceptors (Lipinski definition) is 5. The number of nitrogens with two attached hydrogens (primary N) is 1. The molecule has 2 heterocycles. The first-order chi connectivity index (χ1) is 14.0. The molecule has 6 nitrogen and oxygen atoms in total. The Labute approximate surface area is 171 Å². The lowest BCUT2D eigenvalue weighted by molar-refractivity contribution is 0.134. The molecule has 0 saturated heterocycles. The van der Waals surface area contributed by atoms with Crippen LogP contribution in [0, 0.1) is 11.7 Å². The van der Waals surface area contributed by atoms with E-state index in [1.807, 2.05) is 49.8 Å². The second-order valence-electron chi connectivity index (χ2n) is 8.19. The van der Waals surface area contributed by atoms with Gasteiger partial charge in [-0.2, -0.15) is 0 Å². The molecule has 2 N–H and O–H groups in total. The van der Waals surface area contributed by atoms with Crippen LogP contribution < -0.4 is 10.7 Å². The molecule has 0 aromatic heterocycles. The van der Waals surface area contributed by atoms with Gasteiger partial charge in [0.15, 0.2) is 5.82 Å². The van der Waals surface area contributed by atoms with Gasteiger partial charge in [0.2, 0.25) is 0 Å². The summed E-state index contributed by atoms with van der Waals surface area (Å²) in [6, 6.07) is 9.35. The van der Waals surface area contributed by atoms with Gasteiger partial charge in [0, 0.05) is 50.3 Å². The quantitative estimate of drug-likeness (QED) is 0.527. The predicted octanol–water partition coefficient (Wildman–Crippen LogP) is 3.60. The van der Waals surface area contributed by atoms with Crippen molar-refractivity contribution in [2.45, 2.75) is 37.8 Å². The van der Waals surface area contributed by atoms with Gasteiger partial charge in [0.25, 0.3) is 0 Å². The number of rotatable bonds is 5. The Morgan fingerprint density at radius 3 is 2.41 bits per heavy atom. The second-order valence-corrected chi connectivity index (χ2v) is 8.19. The lowest BCUT2D eigenvalue weighted by Crippen LogP contribution is -2.42.